The number of thiophene rings is 1. The summed E-state index contributed by atoms with van der Waals surface area (Å²) >= 11 is 1.62. The van der Waals surface area contributed by atoms with Gasteiger partial charge in [0.1, 0.15) is 0 Å². The Morgan fingerprint density at radius 3 is 2.86 bits per heavy atom. The van der Waals surface area contributed by atoms with Gasteiger partial charge in [0.25, 0.3) is 0 Å². The lowest BCUT2D eigenvalue weighted by molar-refractivity contribution is 0.116. The van der Waals surface area contributed by atoms with Crippen molar-refractivity contribution in [3.8, 4) is 10.7 Å². The molecule has 2 aromatic heterocycles. The topological polar surface area (TPSA) is 62.4 Å². The Labute approximate surface area is 128 Å². The average Bonchev–Trinajstić information content (AvgIpc) is 3.18. The quantitative estimate of drug-likeness (QED) is 0.920. The molecule has 1 saturated carbocycles. The van der Waals surface area contributed by atoms with E-state index >= 15 is 0 Å². The van der Waals surface area contributed by atoms with Crippen molar-refractivity contribution in [2.24, 2.45) is 5.92 Å². The average molecular weight is 307 g/mol. The van der Waals surface area contributed by atoms with Gasteiger partial charge < -0.3 is 9.63 Å². The van der Waals surface area contributed by atoms with E-state index < -0.39 is 0 Å². The Morgan fingerprint density at radius 2 is 2.19 bits per heavy atom. The van der Waals surface area contributed by atoms with Gasteiger partial charge in [-0.1, -0.05) is 11.2 Å². The molecule has 6 heteroatoms. The van der Waals surface area contributed by atoms with Crippen LogP contribution in [0.25, 0.3) is 10.7 Å². The molecule has 0 radical (unpaired) electrons. The van der Waals surface area contributed by atoms with Gasteiger partial charge in [0.05, 0.1) is 11.4 Å². The van der Waals surface area contributed by atoms with E-state index in [-0.39, 0.29) is 0 Å². The third-order valence-corrected chi connectivity index (χ3v) is 5.16. The van der Waals surface area contributed by atoms with Crippen LogP contribution in [0.3, 0.4) is 0 Å². The number of hydrogen-bond donors (Lipinski definition) is 1. The summed E-state index contributed by atoms with van der Waals surface area (Å²) in [5, 5.41) is 15.3. The summed E-state index contributed by atoms with van der Waals surface area (Å²) in [5.74, 6) is 1.84. The molecular weight excluding hydrogens is 286 g/mol. The van der Waals surface area contributed by atoms with Crippen molar-refractivity contribution >= 4 is 11.3 Å². The molecule has 5 nitrogen and oxygen atoms in total. The minimum Gasteiger partial charge on any atom is -0.396 e. The lowest BCUT2D eigenvalue weighted by Crippen LogP contribution is -2.35. The molecule has 1 aliphatic rings. The molecule has 0 amide bonds. The van der Waals surface area contributed by atoms with Gasteiger partial charge in [-0.2, -0.15) is 4.98 Å². The van der Waals surface area contributed by atoms with E-state index in [1.807, 2.05) is 17.5 Å². The number of hydrogen-bond acceptors (Lipinski definition) is 6. The van der Waals surface area contributed by atoms with E-state index in [2.05, 4.69) is 22.1 Å². The lowest BCUT2D eigenvalue weighted by atomic mass is 9.86. The molecule has 0 spiro atoms. The highest BCUT2D eigenvalue weighted by atomic mass is 32.1. The summed E-state index contributed by atoms with van der Waals surface area (Å²) in [5.41, 5.74) is 0. The number of aliphatic hydroxyl groups excluding tert-OH is 1. The van der Waals surface area contributed by atoms with Gasteiger partial charge >= 0.3 is 0 Å². The largest absolute Gasteiger partial charge is 0.396 e. The molecule has 2 heterocycles. The van der Waals surface area contributed by atoms with Gasteiger partial charge in [-0.15, -0.1) is 11.3 Å². The number of rotatable bonds is 5. The van der Waals surface area contributed by atoms with Crippen molar-refractivity contribution in [3.63, 3.8) is 0 Å². The fourth-order valence-electron chi connectivity index (χ4n) is 2.94. The van der Waals surface area contributed by atoms with E-state index in [1.165, 1.54) is 0 Å². The number of aliphatic hydroxyl groups is 1. The van der Waals surface area contributed by atoms with Gasteiger partial charge in [0, 0.05) is 12.6 Å². The Bertz CT molecular complexity index is 547. The molecule has 2 aromatic rings. The van der Waals surface area contributed by atoms with Crippen LogP contribution in [0, 0.1) is 5.92 Å². The van der Waals surface area contributed by atoms with Crippen LogP contribution in [0.4, 0.5) is 0 Å². The van der Waals surface area contributed by atoms with Crippen LogP contribution in [0.1, 0.15) is 31.6 Å². The van der Waals surface area contributed by atoms with Crippen LogP contribution in [0.5, 0.6) is 0 Å². The Kier molecular flexibility index (Phi) is 4.67. The zero-order valence-electron chi connectivity index (χ0n) is 12.2. The summed E-state index contributed by atoms with van der Waals surface area (Å²) in [7, 11) is 2.11. The highest BCUT2D eigenvalue weighted by Crippen LogP contribution is 2.27. The summed E-state index contributed by atoms with van der Waals surface area (Å²) in [6.07, 6.45) is 4.48. The van der Waals surface area contributed by atoms with E-state index in [1.54, 1.807) is 11.3 Å². The van der Waals surface area contributed by atoms with Gasteiger partial charge in [0.15, 0.2) is 0 Å². The molecule has 0 bridgehead atoms. The molecule has 3 rings (SSSR count). The number of nitrogens with zero attached hydrogens (tertiary/aromatic N) is 3. The van der Waals surface area contributed by atoms with Crippen LogP contribution >= 0.6 is 11.3 Å². The van der Waals surface area contributed by atoms with Gasteiger partial charge in [-0.05, 0) is 50.1 Å². The third kappa shape index (κ3) is 3.51. The highest BCUT2D eigenvalue weighted by Gasteiger charge is 2.24. The van der Waals surface area contributed by atoms with Crippen LogP contribution in [-0.4, -0.2) is 39.8 Å². The molecule has 21 heavy (non-hydrogen) atoms. The third-order valence-electron chi connectivity index (χ3n) is 4.29. The minimum absolute atomic E-state index is 0.324. The fourth-order valence-corrected chi connectivity index (χ4v) is 3.58. The molecule has 0 saturated heterocycles. The maximum absolute atomic E-state index is 9.20. The first kappa shape index (κ1) is 14.7. The standard InChI is InChI=1S/C15H21N3O2S/c1-18(12-6-4-11(10-19)5-7-12)9-14-16-15(17-20-14)13-3-2-8-21-13/h2-3,8,11-12,19H,4-7,9-10H2,1H3. The monoisotopic (exact) mass is 307 g/mol. The van der Waals surface area contributed by atoms with E-state index in [4.69, 9.17) is 4.52 Å². The SMILES string of the molecule is CN(Cc1nc(-c2cccs2)no1)C1CCC(CO)CC1. The summed E-state index contributed by atoms with van der Waals surface area (Å²) in [4.78, 5) is 7.80. The van der Waals surface area contributed by atoms with Crippen LogP contribution in [0.2, 0.25) is 0 Å². The second-order valence-electron chi connectivity index (χ2n) is 5.76. The first-order chi connectivity index (χ1) is 10.3. The Balaban J connectivity index is 1.57. The van der Waals surface area contributed by atoms with E-state index in [0.717, 1.165) is 30.6 Å². The van der Waals surface area contributed by atoms with E-state index in [9.17, 15) is 5.11 Å². The maximum Gasteiger partial charge on any atom is 0.241 e. The lowest BCUT2D eigenvalue weighted by Gasteiger charge is -2.33. The predicted molar refractivity (Wildman–Crippen MR) is 81.9 cm³/mol. The first-order valence-electron chi connectivity index (χ1n) is 7.44. The minimum atomic E-state index is 0.324. The molecule has 0 unspecified atom stereocenters. The molecule has 0 aromatic carbocycles. The van der Waals surface area contributed by atoms with E-state index in [0.29, 0.717) is 36.8 Å². The molecule has 1 fully saturated rings. The van der Waals surface area contributed by atoms with Crippen molar-refractivity contribution in [3.05, 3.63) is 23.4 Å². The van der Waals surface area contributed by atoms with Crippen molar-refractivity contribution in [2.45, 2.75) is 38.3 Å². The molecular formula is C15H21N3O2S. The summed E-state index contributed by atoms with van der Waals surface area (Å²) in [6, 6.07) is 4.53. The van der Waals surface area contributed by atoms with Crippen molar-refractivity contribution < 1.29 is 9.63 Å². The molecule has 1 N–H and O–H groups in total. The zero-order chi connectivity index (χ0) is 14.7. The van der Waals surface area contributed by atoms with Crippen molar-refractivity contribution in [2.75, 3.05) is 13.7 Å². The van der Waals surface area contributed by atoms with Crippen LogP contribution < -0.4 is 0 Å². The smallest absolute Gasteiger partial charge is 0.241 e. The fraction of sp³-hybridized carbons (Fsp3) is 0.600. The van der Waals surface area contributed by atoms with Gasteiger partial charge in [-0.25, -0.2) is 0 Å². The maximum atomic E-state index is 9.20. The first-order valence-corrected chi connectivity index (χ1v) is 8.32. The Hall–Kier alpha value is -1.24. The summed E-state index contributed by atoms with van der Waals surface area (Å²) in [6.45, 7) is 1.01. The van der Waals surface area contributed by atoms with Crippen LogP contribution in [-0.2, 0) is 6.54 Å². The predicted octanol–water partition coefficient (Wildman–Crippen LogP) is 2.78. The van der Waals surface area contributed by atoms with Crippen molar-refractivity contribution in [1.29, 1.82) is 0 Å². The second kappa shape index (κ2) is 6.68. The summed E-state index contributed by atoms with van der Waals surface area (Å²) < 4.78 is 5.36. The molecule has 0 atom stereocenters. The van der Waals surface area contributed by atoms with Crippen LogP contribution in [0.15, 0.2) is 22.0 Å². The zero-order valence-corrected chi connectivity index (χ0v) is 13.1. The molecule has 0 aliphatic heterocycles. The molecule has 114 valence electrons. The number of aromatic nitrogens is 2. The van der Waals surface area contributed by atoms with Gasteiger partial charge in [0.2, 0.25) is 11.7 Å². The van der Waals surface area contributed by atoms with Gasteiger partial charge in [-0.3, -0.25) is 4.90 Å². The second-order valence-corrected chi connectivity index (χ2v) is 6.71. The van der Waals surface area contributed by atoms with Crippen molar-refractivity contribution in [1.82, 2.24) is 15.0 Å². The molecule has 1 aliphatic carbocycles. The highest BCUT2D eigenvalue weighted by molar-refractivity contribution is 7.13. The Morgan fingerprint density at radius 1 is 1.38 bits per heavy atom. The normalized spacial score (nSPS) is 22.8.